The van der Waals surface area contributed by atoms with Gasteiger partial charge in [-0.05, 0) is 77.5 Å². The highest BCUT2D eigenvalue weighted by Gasteiger charge is 2.21. The van der Waals surface area contributed by atoms with Gasteiger partial charge in [-0.25, -0.2) is 0 Å². The Hall–Kier alpha value is -5.38. The quantitative estimate of drug-likeness (QED) is 0.206. The molecular weight excluding hydrogens is 541 g/mol. The highest BCUT2D eigenvalue weighted by atomic mass is 32.1. The molecule has 0 N–H and O–H groups in total. The third-order valence-electron chi connectivity index (χ3n) is 8.52. The summed E-state index contributed by atoms with van der Waals surface area (Å²) in [6.45, 7) is 0. The first-order valence-electron chi connectivity index (χ1n) is 14.6. The standard InChI is InChI=1S/C40H26N2S/c1-3-12-29(13-4-1)41(31-23-22-27-26-39-35(25-28(27)24-31)33-17-8-10-21-38(33)43-39)37-20-11-18-34-32-16-7-9-19-36(32)42(40(34)37)30-14-5-2-6-15-30/h1-26H. The average Bonchev–Trinajstić information content (AvgIpc) is 3.60. The molecule has 0 saturated carbocycles. The van der Waals surface area contributed by atoms with E-state index < -0.39 is 0 Å². The Kier molecular flexibility index (Phi) is 5.40. The van der Waals surface area contributed by atoms with Gasteiger partial charge in [-0.15, -0.1) is 11.3 Å². The minimum Gasteiger partial charge on any atom is -0.308 e. The molecule has 9 aromatic rings. The molecule has 7 aromatic carbocycles. The molecule has 0 aliphatic rings. The molecule has 0 unspecified atom stereocenters. The molecule has 0 spiro atoms. The van der Waals surface area contributed by atoms with Gasteiger partial charge in [0, 0.05) is 48.0 Å². The first kappa shape index (κ1) is 24.2. The zero-order valence-corrected chi connectivity index (χ0v) is 24.1. The first-order chi connectivity index (χ1) is 21.3. The van der Waals surface area contributed by atoms with Gasteiger partial charge >= 0.3 is 0 Å². The zero-order chi connectivity index (χ0) is 28.3. The van der Waals surface area contributed by atoms with Crippen molar-refractivity contribution >= 4 is 81.1 Å². The van der Waals surface area contributed by atoms with Crippen LogP contribution in [0.3, 0.4) is 0 Å². The Morgan fingerprint density at radius 2 is 1.16 bits per heavy atom. The second-order valence-corrected chi connectivity index (χ2v) is 12.1. The van der Waals surface area contributed by atoms with Gasteiger partial charge in [0.25, 0.3) is 0 Å². The van der Waals surface area contributed by atoms with E-state index in [2.05, 4.69) is 167 Å². The second kappa shape index (κ2) is 9.59. The van der Waals surface area contributed by atoms with E-state index in [0.717, 1.165) is 22.7 Å². The SMILES string of the molecule is c1ccc(N(c2ccc3cc4sc5ccccc5c4cc3c2)c2cccc3c4ccccc4n(-c4ccccc4)c23)cc1. The third-order valence-corrected chi connectivity index (χ3v) is 9.65. The van der Waals surface area contributed by atoms with Gasteiger partial charge in [0.15, 0.2) is 0 Å². The predicted molar refractivity (Wildman–Crippen MR) is 186 cm³/mol. The summed E-state index contributed by atoms with van der Waals surface area (Å²) < 4.78 is 5.08. The number of nitrogens with zero attached hydrogens (tertiary/aromatic N) is 2. The van der Waals surface area contributed by atoms with Crippen LogP contribution in [0, 0.1) is 0 Å². The number of anilines is 3. The van der Waals surface area contributed by atoms with Crippen molar-refractivity contribution in [1.29, 1.82) is 0 Å². The van der Waals surface area contributed by atoms with Crippen LogP contribution in [-0.4, -0.2) is 4.57 Å². The summed E-state index contributed by atoms with van der Waals surface area (Å²) in [5, 5.41) is 7.64. The molecule has 3 heteroatoms. The minimum atomic E-state index is 1.13. The smallest absolute Gasteiger partial charge is 0.0782 e. The summed E-state index contributed by atoms with van der Waals surface area (Å²) >= 11 is 1.87. The fourth-order valence-electron chi connectivity index (χ4n) is 6.63. The molecule has 2 nitrogen and oxygen atoms in total. The van der Waals surface area contributed by atoms with Crippen molar-refractivity contribution in [1.82, 2.24) is 4.57 Å². The molecule has 0 aliphatic carbocycles. The van der Waals surface area contributed by atoms with E-state index in [9.17, 15) is 0 Å². The lowest BCUT2D eigenvalue weighted by Crippen LogP contribution is -2.11. The van der Waals surface area contributed by atoms with Crippen LogP contribution in [0.1, 0.15) is 0 Å². The highest BCUT2D eigenvalue weighted by molar-refractivity contribution is 7.25. The summed E-state index contributed by atoms with van der Waals surface area (Å²) in [5.41, 5.74) is 6.95. The number of fused-ring (bicyclic) bond motifs is 7. The molecule has 0 atom stereocenters. The van der Waals surface area contributed by atoms with Crippen molar-refractivity contribution in [3.05, 3.63) is 158 Å². The Bertz CT molecular complexity index is 2450. The van der Waals surface area contributed by atoms with Crippen LogP contribution in [0.4, 0.5) is 17.1 Å². The normalized spacial score (nSPS) is 11.7. The maximum absolute atomic E-state index is 2.41. The average molecular weight is 567 g/mol. The van der Waals surface area contributed by atoms with E-state index in [4.69, 9.17) is 0 Å². The van der Waals surface area contributed by atoms with E-state index in [1.54, 1.807) is 0 Å². The van der Waals surface area contributed by atoms with Crippen LogP contribution in [0.5, 0.6) is 0 Å². The van der Waals surface area contributed by atoms with Crippen LogP contribution in [-0.2, 0) is 0 Å². The van der Waals surface area contributed by atoms with Gasteiger partial charge in [-0.2, -0.15) is 0 Å². The topological polar surface area (TPSA) is 8.17 Å². The number of thiophene rings is 1. The maximum atomic E-state index is 2.41. The van der Waals surface area contributed by atoms with Crippen molar-refractivity contribution in [2.45, 2.75) is 0 Å². The molecule has 2 aromatic heterocycles. The van der Waals surface area contributed by atoms with Crippen molar-refractivity contribution in [2.24, 2.45) is 0 Å². The molecule has 43 heavy (non-hydrogen) atoms. The van der Waals surface area contributed by atoms with Gasteiger partial charge in [-0.1, -0.05) is 91.0 Å². The van der Waals surface area contributed by atoms with Gasteiger partial charge in [0.1, 0.15) is 0 Å². The maximum Gasteiger partial charge on any atom is 0.0782 e. The monoisotopic (exact) mass is 566 g/mol. The fraction of sp³-hybridized carbons (Fsp3) is 0. The number of hydrogen-bond donors (Lipinski definition) is 0. The molecule has 0 saturated heterocycles. The Balaban J connectivity index is 1.35. The summed E-state index contributed by atoms with van der Waals surface area (Å²) in [6, 6.07) is 57.2. The summed E-state index contributed by atoms with van der Waals surface area (Å²) in [5.74, 6) is 0. The van der Waals surface area contributed by atoms with Crippen molar-refractivity contribution in [3.63, 3.8) is 0 Å². The molecule has 0 fully saturated rings. The van der Waals surface area contributed by atoms with Gasteiger partial charge in [0.05, 0.1) is 16.7 Å². The third kappa shape index (κ3) is 3.79. The van der Waals surface area contributed by atoms with E-state index >= 15 is 0 Å². The van der Waals surface area contributed by atoms with Crippen LogP contribution >= 0.6 is 11.3 Å². The number of aromatic nitrogens is 1. The minimum absolute atomic E-state index is 1.13. The molecule has 0 amide bonds. The molecule has 9 rings (SSSR count). The molecule has 2 heterocycles. The number of rotatable bonds is 4. The zero-order valence-electron chi connectivity index (χ0n) is 23.3. The molecule has 0 bridgehead atoms. The van der Waals surface area contributed by atoms with Crippen LogP contribution < -0.4 is 4.90 Å². The predicted octanol–water partition coefficient (Wildman–Crippen LogP) is 11.8. The lowest BCUT2D eigenvalue weighted by Gasteiger charge is -2.27. The molecule has 0 radical (unpaired) electrons. The van der Waals surface area contributed by atoms with E-state index in [1.807, 2.05) is 11.3 Å². The Morgan fingerprint density at radius 1 is 0.442 bits per heavy atom. The van der Waals surface area contributed by atoms with Crippen molar-refractivity contribution in [3.8, 4) is 5.69 Å². The molecule has 0 aliphatic heterocycles. The van der Waals surface area contributed by atoms with Crippen LogP contribution in [0.2, 0.25) is 0 Å². The van der Waals surface area contributed by atoms with Gasteiger partial charge in [-0.3, -0.25) is 0 Å². The number of benzene rings is 7. The van der Waals surface area contributed by atoms with Gasteiger partial charge in [0.2, 0.25) is 0 Å². The van der Waals surface area contributed by atoms with Crippen LogP contribution in [0.15, 0.2) is 158 Å². The Labute approximate surface area is 253 Å². The lowest BCUT2D eigenvalue weighted by molar-refractivity contribution is 1.17. The van der Waals surface area contributed by atoms with Crippen molar-refractivity contribution < 1.29 is 0 Å². The largest absolute Gasteiger partial charge is 0.308 e. The molecule has 202 valence electrons. The van der Waals surface area contributed by atoms with E-state index in [-0.39, 0.29) is 0 Å². The molecular formula is C40H26N2S. The van der Waals surface area contributed by atoms with E-state index in [1.165, 1.54) is 52.8 Å². The van der Waals surface area contributed by atoms with E-state index in [0.29, 0.717) is 0 Å². The van der Waals surface area contributed by atoms with Gasteiger partial charge < -0.3 is 9.47 Å². The summed E-state index contributed by atoms with van der Waals surface area (Å²) in [6.07, 6.45) is 0. The van der Waals surface area contributed by atoms with Crippen LogP contribution in [0.25, 0.3) is 58.4 Å². The Morgan fingerprint density at radius 3 is 2.02 bits per heavy atom. The summed E-state index contributed by atoms with van der Waals surface area (Å²) in [4.78, 5) is 2.41. The highest BCUT2D eigenvalue weighted by Crippen LogP contribution is 2.44. The second-order valence-electron chi connectivity index (χ2n) is 11.0. The fourth-order valence-corrected chi connectivity index (χ4v) is 7.76. The van der Waals surface area contributed by atoms with Crippen molar-refractivity contribution in [2.75, 3.05) is 4.90 Å². The summed E-state index contributed by atoms with van der Waals surface area (Å²) in [7, 11) is 0. The number of hydrogen-bond acceptors (Lipinski definition) is 2. The number of para-hydroxylation sites is 4. The first-order valence-corrected chi connectivity index (χ1v) is 15.4. The lowest BCUT2D eigenvalue weighted by atomic mass is 10.0.